The van der Waals surface area contributed by atoms with Gasteiger partial charge in [0.1, 0.15) is 0 Å². The summed E-state index contributed by atoms with van der Waals surface area (Å²) in [6.07, 6.45) is 1.67. The largest absolute Gasteiger partial charge is 0.298 e. The molecule has 1 saturated heterocycles. The number of imide groups is 1. The van der Waals surface area contributed by atoms with E-state index in [1.807, 2.05) is 0 Å². The first-order valence-electron chi connectivity index (χ1n) is 6.34. The lowest BCUT2D eigenvalue weighted by Crippen LogP contribution is -2.27. The van der Waals surface area contributed by atoms with Crippen molar-refractivity contribution in [2.45, 2.75) is 0 Å². The second kappa shape index (κ2) is 6.16. The van der Waals surface area contributed by atoms with E-state index in [0.717, 1.165) is 22.2 Å². The fourth-order valence-corrected chi connectivity index (χ4v) is 3.17. The van der Waals surface area contributed by atoms with Gasteiger partial charge < -0.3 is 0 Å². The molecule has 3 nitrogen and oxygen atoms in total. The third-order valence-corrected chi connectivity index (χ3v) is 4.38. The molecule has 2 aromatic rings. The molecule has 1 fully saturated rings. The maximum Gasteiger partial charge on any atom is 0.298 e. The molecule has 1 aliphatic rings. The van der Waals surface area contributed by atoms with Crippen LogP contribution >= 0.6 is 35.0 Å². The van der Waals surface area contributed by atoms with Crippen LogP contribution in [0.15, 0.2) is 53.4 Å². The zero-order valence-electron chi connectivity index (χ0n) is 11.1. The van der Waals surface area contributed by atoms with Crippen molar-refractivity contribution in [1.29, 1.82) is 0 Å². The molecule has 1 heterocycles. The topological polar surface area (TPSA) is 37.4 Å². The molecule has 0 atom stereocenters. The van der Waals surface area contributed by atoms with Gasteiger partial charge in [0.05, 0.1) is 10.6 Å². The predicted octanol–water partition coefficient (Wildman–Crippen LogP) is 5.23. The van der Waals surface area contributed by atoms with E-state index in [0.29, 0.717) is 20.6 Å². The zero-order valence-corrected chi connectivity index (χ0v) is 13.5. The van der Waals surface area contributed by atoms with Gasteiger partial charge >= 0.3 is 0 Å². The van der Waals surface area contributed by atoms with Gasteiger partial charge in [-0.05, 0) is 53.7 Å². The molecule has 2 aromatic carbocycles. The van der Waals surface area contributed by atoms with E-state index in [-0.39, 0.29) is 11.1 Å². The first-order valence-corrected chi connectivity index (χ1v) is 7.91. The summed E-state index contributed by atoms with van der Waals surface area (Å²) in [4.78, 5) is 26.1. The number of nitrogens with zero attached hydrogens (tertiary/aromatic N) is 1. The smallest absolute Gasteiger partial charge is 0.268 e. The maximum atomic E-state index is 12.4. The molecule has 0 N–H and O–H groups in total. The summed E-state index contributed by atoms with van der Waals surface area (Å²) < 4.78 is 0. The Morgan fingerprint density at radius 2 is 1.68 bits per heavy atom. The summed E-state index contributed by atoms with van der Waals surface area (Å²) in [6.45, 7) is 0. The van der Waals surface area contributed by atoms with Crippen molar-refractivity contribution in [3.8, 4) is 0 Å². The van der Waals surface area contributed by atoms with Crippen molar-refractivity contribution >= 4 is 57.9 Å². The molecule has 110 valence electrons. The summed E-state index contributed by atoms with van der Waals surface area (Å²) in [6, 6.07) is 13.7. The van der Waals surface area contributed by atoms with Crippen LogP contribution in [0.4, 0.5) is 10.5 Å². The van der Waals surface area contributed by atoms with Gasteiger partial charge in [0, 0.05) is 10.0 Å². The quantitative estimate of drug-likeness (QED) is 0.696. The Hall–Kier alpha value is -1.75. The Morgan fingerprint density at radius 3 is 2.36 bits per heavy atom. The van der Waals surface area contributed by atoms with E-state index < -0.39 is 0 Å². The molecule has 0 saturated carbocycles. The molecule has 0 radical (unpaired) electrons. The molecule has 0 bridgehead atoms. The predicted molar refractivity (Wildman–Crippen MR) is 91.4 cm³/mol. The number of amides is 2. The average Bonchev–Trinajstić information content (AvgIpc) is 2.76. The molecule has 0 unspecified atom stereocenters. The second-order valence-corrected chi connectivity index (χ2v) is 6.41. The molecule has 22 heavy (non-hydrogen) atoms. The van der Waals surface area contributed by atoms with E-state index in [2.05, 4.69) is 0 Å². The maximum absolute atomic E-state index is 12.4. The van der Waals surface area contributed by atoms with Crippen molar-refractivity contribution in [1.82, 2.24) is 0 Å². The molecule has 0 aliphatic carbocycles. The van der Waals surface area contributed by atoms with Crippen molar-refractivity contribution in [2.24, 2.45) is 0 Å². The number of rotatable bonds is 2. The lowest BCUT2D eigenvalue weighted by atomic mass is 10.2. The highest BCUT2D eigenvalue weighted by atomic mass is 35.5. The monoisotopic (exact) mass is 349 g/mol. The van der Waals surface area contributed by atoms with Crippen LogP contribution in [-0.2, 0) is 4.79 Å². The van der Waals surface area contributed by atoms with E-state index >= 15 is 0 Å². The third-order valence-electron chi connectivity index (χ3n) is 3.03. The van der Waals surface area contributed by atoms with Crippen molar-refractivity contribution in [3.05, 3.63) is 69.0 Å². The first-order chi connectivity index (χ1) is 10.5. The molecule has 2 amide bonds. The van der Waals surface area contributed by atoms with E-state index in [9.17, 15) is 9.59 Å². The van der Waals surface area contributed by atoms with Crippen LogP contribution in [0.2, 0.25) is 10.0 Å². The minimum Gasteiger partial charge on any atom is -0.268 e. The lowest BCUT2D eigenvalue weighted by Gasteiger charge is -2.12. The number of thioether (sulfide) groups is 1. The zero-order chi connectivity index (χ0) is 15.7. The second-order valence-electron chi connectivity index (χ2n) is 4.55. The lowest BCUT2D eigenvalue weighted by molar-refractivity contribution is -0.113. The average molecular weight is 350 g/mol. The van der Waals surface area contributed by atoms with E-state index in [1.54, 1.807) is 54.6 Å². The highest BCUT2D eigenvalue weighted by Gasteiger charge is 2.36. The van der Waals surface area contributed by atoms with Crippen LogP contribution in [0.1, 0.15) is 5.56 Å². The molecule has 0 spiro atoms. The number of halogens is 2. The standard InChI is InChI=1S/C16H9Cl2NO2S/c17-11-6-4-10(5-7-11)8-14-15(20)19(16(21)22-14)13-3-1-2-12(18)9-13/h1-9H/b14-8-. The first kappa shape index (κ1) is 15.2. The number of hydrogen-bond donors (Lipinski definition) is 0. The van der Waals surface area contributed by atoms with Gasteiger partial charge in [-0.2, -0.15) is 0 Å². The molecular formula is C16H9Cl2NO2S. The summed E-state index contributed by atoms with van der Waals surface area (Å²) in [5.74, 6) is -0.354. The van der Waals surface area contributed by atoms with Gasteiger partial charge in [-0.1, -0.05) is 41.4 Å². The van der Waals surface area contributed by atoms with Crippen LogP contribution in [0.5, 0.6) is 0 Å². The van der Waals surface area contributed by atoms with Gasteiger partial charge in [0.2, 0.25) is 0 Å². The summed E-state index contributed by atoms with van der Waals surface area (Å²) in [5, 5.41) is 0.745. The number of benzene rings is 2. The third kappa shape index (κ3) is 3.04. The van der Waals surface area contributed by atoms with Crippen LogP contribution in [-0.4, -0.2) is 11.1 Å². The fourth-order valence-electron chi connectivity index (χ4n) is 2.02. The highest BCUT2D eigenvalue weighted by Crippen LogP contribution is 2.36. The number of carbonyl (C=O) groups excluding carboxylic acids is 2. The summed E-state index contributed by atoms with van der Waals surface area (Å²) in [5.41, 5.74) is 1.27. The molecule has 1 aliphatic heterocycles. The minimum atomic E-state index is -0.354. The Labute approximate surface area is 141 Å². The number of carbonyl (C=O) groups is 2. The summed E-state index contributed by atoms with van der Waals surface area (Å²) >= 11 is 12.7. The summed E-state index contributed by atoms with van der Waals surface area (Å²) in [7, 11) is 0. The van der Waals surface area contributed by atoms with Gasteiger partial charge in [0.15, 0.2) is 0 Å². The Bertz CT molecular complexity index is 787. The molecule has 6 heteroatoms. The Balaban J connectivity index is 1.93. The van der Waals surface area contributed by atoms with Crippen molar-refractivity contribution in [2.75, 3.05) is 4.90 Å². The fraction of sp³-hybridized carbons (Fsp3) is 0. The van der Waals surface area contributed by atoms with E-state index in [4.69, 9.17) is 23.2 Å². The number of anilines is 1. The van der Waals surface area contributed by atoms with E-state index in [1.165, 1.54) is 0 Å². The Kier molecular flexibility index (Phi) is 4.25. The van der Waals surface area contributed by atoms with Crippen molar-refractivity contribution < 1.29 is 9.59 Å². The number of hydrogen-bond acceptors (Lipinski definition) is 3. The van der Waals surface area contributed by atoms with Gasteiger partial charge in [-0.25, -0.2) is 4.90 Å². The van der Waals surface area contributed by atoms with Gasteiger partial charge in [-0.15, -0.1) is 0 Å². The highest BCUT2D eigenvalue weighted by molar-refractivity contribution is 8.19. The SMILES string of the molecule is O=C1S/C(=C\c2ccc(Cl)cc2)C(=O)N1c1cccc(Cl)c1. The molecule has 3 rings (SSSR count). The molecular weight excluding hydrogens is 341 g/mol. The van der Waals surface area contributed by atoms with Crippen LogP contribution < -0.4 is 4.90 Å². The normalized spacial score (nSPS) is 16.6. The van der Waals surface area contributed by atoms with Crippen molar-refractivity contribution in [3.63, 3.8) is 0 Å². The van der Waals surface area contributed by atoms with Crippen LogP contribution in [0, 0.1) is 0 Å². The Morgan fingerprint density at radius 1 is 0.955 bits per heavy atom. The van der Waals surface area contributed by atoms with Gasteiger partial charge in [-0.3, -0.25) is 9.59 Å². The molecule has 0 aromatic heterocycles. The van der Waals surface area contributed by atoms with Crippen LogP contribution in [0.25, 0.3) is 6.08 Å². The minimum absolute atomic E-state index is 0.340. The van der Waals surface area contributed by atoms with Gasteiger partial charge in [0.25, 0.3) is 11.1 Å². The van der Waals surface area contributed by atoms with Crippen LogP contribution in [0.3, 0.4) is 0 Å².